The average Bonchev–Trinajstić information content (AvgIpc) is 2.53. The molecule has 2 aromatic heterocycles. The average molecular weight is 302 g/mol. The number of nitrogens with zero attached hydrogens (tertiary/aromatic N) is 6. The van der Waals surface area contributed by atoms with E-state index < -0.39 is 0 Å². The Morgan fingerprint density at radius 1 is 0.955 bits per heavy atom. The molecule has 1 aliphatic rings. The number of aryl methyl sites for hydroxylation is 2. The number of piperazine rings is 1. The first-order valence-corrected chi connectivity index (χ1v) is 7.10. The van der Waals surface area contributed by atoms with Crippen LogP contribution in [0.3, 0.4) is 0 Å². The lowest BCUT2D eigenvalue weighted by Gasteiger charge is -2.36. The standard InChI is InChI=1S/C14H18N6O2/c1-17-10-15-12(8-13(17)21)20-5-3-19(4-6-20)11-7-14(22)18(2)16-9-11/h7-10H,3-6H2,1-2H3. The second-order valence-corrected chi connectivity index (χ2v) is 5.35. The van der Waals surface area contributed by atoms with E-state index in [0.717, 1.165) is 31.9 Å². The summed E-state index contributed by atoms with van der Waals surface area (Å²) in [5.41, 5.74) is 0.649. The molecule has 0 N–H and O–H groups in total. The highest BCUT2D eigenvalue weighted by Gasteiger charge is 2.19. The van der Waals surface area contributed by atoms with Gasteiger partial charge in [0, 0.05) is 52.4 Å². The fourth-order valence-electron chi connectivity index (χ4n) is 2.45. The van der Waals surface area contributed by atoms with Gasteiger partial charge in [-0.3, -0.25) is 9.59 Å². The maximum atomic E-state index is 11.7. The number of hydrogen-bond donors (Lipinski definition) is 0. The predicted molar refractivity (Wildman–Crippen MR) is 83.4 cm³/mol. The van der Waals surface area contributed by atoms with Gasteiger partial charge in [-0.2, -0.15) is 5.10 Å². The highest BCUT2D eigenvalue weighted by molar-refractivity contribution is 5.46. The first-order valence-electron chi connectivity index (χ1n) is 7.10. The molecule has 8 heteroatoms. The maximum Gasteiger partial charge on any atom is 0.268 e. The summed E-state index contributed by atoms with van der Waals surface area (Å²) in [6, 6.07) is 3.15. The van der Waals surface area contributed by atoms with Crippen LogP contribution in [0.25, 0.3) is 0 Å². The fourth-order valence-corrected chi connectivity index (χ4v) is 2.45. The summed E-state index contributed by atoms with van der Waals surface area (Å²) < 4.78 is 2.76. The van der Waals surface area contributed by atoms with Gasteiger partial charge in [0.1, 0.15) is 5.82 Å². The van der Waals surface area contributed by atoms with Gasteiger partial charge < -0.3 is 14.4 Å². The first kappa shape index (κ1) is 14.3. The summed E-state index contributed by atoms with van der Waals surface area (Å²) in [5.74, 6) is 0.699. The molecule has 0 aromatic carbocycles. The quantitative estimate of drug-likeness (QED) is 0.723. The lowest BCUT2D eigenvalue weighted by molar-refractivity contribution is 0.635. The van der Waals surface area contributed by atoms with Crippen LogP contribution in [0.2, 0.25) is 0 Å². The molecule has 0 aliphatic carbocycles. The largest absolute Gasteiger partial charge is 0.367 e. The van der Waals surface area contributed by atoms with Gasteiger partial charge in [0.05, 0.1) is 18.2 Å². The van der Waals surface area contributed by atoms with Crippen LogP contribution in [-0.4, -0.2) is 45.5 Å². The van der Waals surface area contributed by atoms with Crippen LogP contribution >= 0.6 is 0 Å². The molecule has 3 heterocycles. The molecule has 1 aliphatic heterocycles. The van der Waals surface area contributed by atoms with Crippen molar-refractivity contribution < 1.29 is 0 Å². The second-order valence-electron chi connectivity index (χ2n) is 5.35. The van der Waals surface area contributed by atoms with Gasteiger partial charge in [-0.15, -0.1) is 0 Å². The molecule has 2 aromatic rings. The molecule has 3 rings (SSSR count). The molecule has 0 bridgehead atoms. The highest BCUT2D eigenvalue weighted by Crippen LogP contribution is 2.16. The summed E-state index contributed by atoms with van der Waals surface area (Å²) >= 11 is 0. The molecule has 1 fully saturated rings. The van der Waals surface area contributed by atoms with Gasteiger partial charge in [-0.25, -0.2) is 9.67 Å². The van der Waals surface area contributed by atoms with E-state index >= 15 is 0 Å². The molecule has 116 valence electrons. The summed E-state index contributed by atoms with van der Waals surface area (Å²) in [4.78, 5) is 31.8. The third-order valence-corrected chi connectivity index (χ3v) is 3.89. The van der Waals surface area contributed by atoms with Crippen molar-refractivity contribution in [1.29, 1.82) is 0 Å². The SMILES string of the molecule is Cn1cnc(N2CCN(c3cnn(C)c(=O)c3)CC2)cc1=O. The predicted octanol–water partition coefficient (Wildman–Crippen LogP) is -0.799. The van der Waals surface area contributed by atoms with Gasteiger partial charge in [-0.05, 0) is 0 Å². The van der Waals surface area contributed by atoms with Crippen molar-refractivity contribution in [2.45, 2.75) is 0 Å². The molecule has 8 nitrogen and oxygen atoms in total. The Kier molecular flexibility index (Phi) is 3.66. The molecule has 1 saturated heterocycles. The van der Waals surface area contributed by atoms with Crippen molar-refractivity contribution in [2.75, 3.05) is 36.0 Å². The van der Waals surface area contributed by atoms with E-state index in [0.29, 0.717) is 5.82 Å². The molecule has 0 amide bonds. The normalized spacial score (nSPS) is 15.2. The fraction of sp³-hybridized carbons (Fsp3) is 0.429. The van der Waals surface area contributed by atoms with Crippen molar-refractivity contribution in [3.8, 4) is 0 Å². The third-order valence-electron chi connectivity index (χ3n) is 3.89. The minimum atomic E-state index is -0.117. The van der Waals surface area contributed by atoms with Gasteiger partial charge >= 0.3 is 0 Å². The minimum absolute atomic E-state index is 0.0665. The Balaban J connectivity index is 1.71. The molecule has 0 radical (unpaired) electrons. The van der Waals surface area contributed by atoms with Crippen molar-refractivity contribution in [3.63, 3.8) is 0 Å². The van der Waals surface area contributed by atoms with E-state index in [-0.39, 0.29) is 11.1 Å². The molecular weight excluding hydrogens is 284 g/mol. The van der Waals surface area contributed by atoms with E-state index in [9.17, 15) is 9.59 Å². The topological polar surface area (TPSA) is 76.3 Å². The van der Waals surface area contributed by atoms with Crippen LogP contribution in [-0.2, 0) is 14.1 Å². The van der Waals surface area contributed by atoms with Crippen LogP contribution in [0.5, 0.6) is 0 Å². The van der Waals surface area contributed by atoms with E-state index in [4.69, 9.17) is 0 Å². The highest BCUT2D eigenvalue weighted by atomic mass is 16.1. The van der Waals surface area contributed by atoms with Crippen molar-refractivity contribution in [3.05, 3.63) is 45.4 Å². The Labute approximate surface area is 127 Å². The number of anilines is 2. The Morgan fingerprint density at radius 2 is 1.64 bits per heavy atom. The number of aromatic nitrogens is 4. The van der Waals surface area contributed by atoms with Crippen LogP contribution in [0.4, 0.5) is 11.5 Å². The lowest BCUT2D eigenvalue weighted by atomic mass is 10.3. The molecule has 22 heavy (non-hydrogen) atoms. The van der Waals surface area contributed by atoms with Gasteiger partial charge in [0.25, 0.3) is 11.1 Å². The zero-order chi connectivity index (χ0) is 15.7. The number of hydrogen-bond acceptors (Lipinski definition) is 6. The number of rotatable bonds is 2. The minimum Gasteiger partial charge on any atom is -0.367 e. The van der Waals surface area contributed by atoms with Crippen molar-refractivity contribution in [1.82, 2.24) is 19.3 Å². The van der Waals surface area contributed by atoms with Gasteiger partial charge in [0.2, 0.25) is 0 Å². The van der Waals surface area contributed by atoms with Crippen LogP contribution in [0.1, 0.15) is 0 Å². The summed E-state index contributed by atoms with van der Waals surface area (Å²) in [6.07, 6.45) is 3.24. The first-order chi connectivity index (χ1) is 10.5. The Morgan fingerprint density at radius 3 is 2.27 bits per heavy atom. The molecule has 0 spiro atoms. The van der Waals surface area contributed by atoms with E-state index in [1.54, 1.807) is 32.4 Å². The summed E-state index contributed by atoms with van der Waals surface area (Å²) in [7, 11) is 3.31. The maximum absolute atomic E-state index is 11.7. The van der Waals surface area contributed by atoms with Crippen LogP contribution in [0, 0.1) is 0 Å². The molecular formula is C14H18N6O2. The zero-order valence-corrected chi connectivity index (χ0v) is 12.6. The smallest absolute Gasteiger partial charge is 0.268 e. The van der Waals surface area contributed by atoms with Crippen molar-refractivity contribution >= 4 is 11.5 Å². The lowest BCUT2D eigenvalue weighted by Crippen LogP contribution is -2.47. The van der Waals surface area contributed by atoms with Crippen molar-refractivity contribution in [2.24, 2.45) is 14.1 Å². The van der Waals surface area contributed by atoms with Crippen LogP contribution in [0.15, 0.2) is 34.2 Å². The second kappa shape index (κ2) is 5.63. The Bertz CT molecular complexity index is 721. The van der Waals surface area contributed by atoms with E-state index in [1.165, 1.54) is 15.6 Å². The zero-order valence-electron chi connectivity index (χ0n) is 12.6. The van der Waals surface area contributed by atoms with Gasteiger partial charge in [-0.1, -0.05) is 0 Å². The summed E-state index contributed by atoms with van der Waals surface area (Å²) in [6.45, 7) is 3.00. The van der Waals surface area contributed by atoms with E-state index in [2.05, 4.69) is 19.9 Å². The summed E-state index contributed by atoms with van der Waals surface area (Å²) in [5, 5.41) is 4.04. The molecule has 0 atom stereocenters. The molecule has 0 saturated carbocycles. The third kappa shape index (κ3) is 2.72. The van der Waals surface area contributed by atoms with E-state index in [1.807, 2.05) is 0 Å². The van der Waals surface area contributed by atoms with Gasteiger partial charge in [0.15, 0.2) is 0 Å². The molecule has 0 unspecified atom stereocenters. The Hall–Kier alpha value is -2.64. The monoisotopic (exact) mass is 302 g/mol. The van der Waals surface area contributed by atoms with Crippen LogP contribution < -0.4 is 20.9 Å².